The van der Waals surface area contributed by atoms with Gasteiger partial charge in [-0.1, -0.05) is 13.8 Å². The van der Waals surface area contributed by atoms with Crippen molar-refractivity contribution in [2.45, 2.75) is 49.9 Å². The molecule has 3 atom stereocenters. The zero-order valence-electron chi connectivity index (χ0n) is 19.9. The average molecular weight is 499 g/mol. The molecule has 1 aromatic carbocycles. The second-order valence-corrected chi connectivity index (χ2v) is 12.8. The fourth-order valence-electron chi connectivity index (χ4n) is 4.44. The van der Waals surface area contributed by atoms with Gasteiger partial charge in [-0.05, 0) is 62.3 Å². The van der Waals surface area contributed by atoms with Crippen LogP contribution in [-0.4, -0.2) is 71.3 Å². The maximum Gasteiger partial charge on any atom is 0.187 e. The zero-order chi connectivity index (χ0) is 24.4. The van der Waals surface area contributed by atoms with Gasteiger partial charge in [0, 0.05) is 12.6 Å². The van der Waals surface area contributed by atoms with Crippen LogP contribution in [0.25, 0.3) is 0 Å². The van der Waals surface area contributed by atoms with Crippen molar-refractivity contribution >= 4 is 19.7 Å². The van der Waals surface area contributed by atoms with E-state index < -0.39 is 36.7 Å². The Morgan fingerprint density at radius 2 is 1.85 bits per heavy atom. The molecule has 0 radical (unpaired) electrons. The van der Waals surface area contributed by atoms with E-state index in [1.165, 1.54) is 7.11 Å². The molecule has 3 rings (SSSR count). The van der Waals surface area contributed by atoms with E-state index in [-0.39, 0.29) is 22.4 Å². The normalized spacial score (nSPS) is 21.4. The molecular formula is C23H34N2O6S2. The highest BCUT2D eigenvalue weighted by Crippen LogP contribution is 2.34. The highest BCUT2D eigenvalue weighted by Gasteiger charge is 2.47. The Morgan fingerprint density at radius 3 is 2.42 bits per heavy atom. The summed E-state index contributed by atoms with van der Waals surface area (Å²) in [6.45, 7) is 9.69. The van der Waals surface area contributed by atoms with Crippen molar-refractivity contribution in [3.63, 3.8) is 0 Å². The van der Waals surface area contributed by atoms with Crippen LogP contribution in [0.5, 0.6) is 5.75 Å². The molecule has 0 bridgehead atoms. The van der Waals surface area contributed by atoms with Crippen LogP contribution < -0.4 is 10.1 Å². The molecule has 2 heterocycles. The number of likely N-dealkylation sites (N-methyl/N-ethyl adjacent to an activating group) is 1. The van der Waals surface area contributed by atoms with Crippen LogP contribution in [0.1, 0.15) is 36.8 Å². The number of rotatable bonds is 10. The molecule has 8 nitrogen and oxygen atoms in total. The summed E-state index contributed by atoms with van der Waals surface area (Å²) in [5, 5.41) is 2.16. The van der Waals surface area contributed by atoms with E-state index in [9.17, 15) is 16.8 Å². The number of ether oxygens (including phenoxy) is 1. The number of hydrogen-bond acceptors (Lipinski definition) is 8. The number of nitrogens with zero attached hydrogens (tertiary/aromatic N) is 1. The topological polar surface area (TPSA) is 106 Å². The molecule has 1 aliphatic rings. The molecule has 0 spiro atoms. The van der Waals surface area contributed by atoms with Crippen LogP contribution in [0, 0.1) is 13.8 Å². The predicted octanol–water partition coefficient (Wildman–Crippen LogP) is 2.52. The Bertz CT molecular complexity index is 1160. The number of sulfone groups is 2. The van der Waals surface area contributed by atoms with Gasteiger partial charge >= 0.3 is 0 Å². The maximum absolute atomic E-state index is 13.7. The average Bonchev–Trinajstić information content (AvgIpc) is 3.40. The van der Waals surface area contributed by atoms with E-state index in [1.54, 1.807) is 18.4 Å². The van der Waals surface area contributed by atoms with Gasteiger partial charge < -0.3 is 14.5 Å². The summed E-state index contributed by atoms with van der Waals surface area (Å²) in [5.41, 5.74) is 1.71. The van der Waals surface area contributed by atoms with Gasteiger partial charge in [0.05, 0.1) is 36.2 Å². The van der Waals surface area contributed by atoms with Crippen LogP contribution >= 0.6 is 0 Å². The summed E-state index contributed by atoms with van der Waals surface area (Å²) >= 11 is 0. The largest absolute Gasteiger partial charge is 0.495 e. The number of furan rings is 1. The molecule has 1 aromatic heterocycles. The first-order chi connectivity index (χ1) is 15.5. The van der Waals surface area contributed by atoms with Gasteiger partial charge in [-0.3, -0.25) is 4.90 Å². The minimum Gasteiger partial charge on any atom is -0.495 e. The predicted molar refractivity (Wildman–Crippen MR) is 128 cm³/mol. The van der Waals surface area contributed by atoms with Gasteiger partial charge in [-0.15, -0.1) is 0 Å². The molecule has 33 heavy (non-hydrogen) atoms. The third-order valence-corrected chi connectivity index (χ3v) is 10.7. The fraction of sp³-hybridized carbons (Fsp3) is 0.565. The number of methoxy groups -OCH3 is 1. The van der Waals surface area contributed by atoms with Crippen LogP contribution in [0.15, 0.2) is 39.8 Å². The van der Waals surface area contributed by atoms with Gasteiger partial charge in [0.25, 0.3) is 0 Å². The monoisotopic (exact) mass is 498 g/mol. The second-order valence-electron chi connectivity index (χ2n) is 8.51. The SMILES string of the molecule is CCN(CC)C(CN[C@H]1CS(=O)(=O)C[C@@H]1S(=O)(=O)c1cc(C)c(C)cc1OC)c1ccco1. The van der Waals surface area contributed by atoms with Crippen molar-refractivity contribution in [3.05, 3.63) is 47.4 Å². The lowest BCUT2D eigenvalue weighted by molar-refractivity contribution is 0.185. The van der Waals surface area contributed by atoms with E-state index in [2.05, 4.69) is 10.2 Å². The summed E-state index contributed by atoms with van der Waals surface area (Å²) in [7, 11) is -6.09. The number of hydrogen-bond donors (Lipinski definition) is 1. The second kappa shape index (κ2) is 10.2. The lowest BCUT2D eigenvalue weighted by Gasteiger charge is -2.30. The first-order valence-corrected chi connectivity index (χ1v) is 14.5. The number of aryl methyl sites for hydroxylation is 2. The van der Waals surface area contributed by atoms with Gasteiger partial charge in [0.15, 0.2) is 19.7 Å². The Hall–Kier alpha value is -1.88. The number of nitrogens with one attached hydrogen (secondary N) is 1. The molecule has 1 fully saturated rings. The standard InChI is InChI=1S/C23H34N2O6S2/c1-6-25(7-2)19(20-9-8-10-31-20)13-24-18-14-32(26,27)15-23(18)33(28,29)22-12-17(4)16(3)11-21(22)30-5/h8-12,18-19,23-24H,6-7,13-15H2,1-5H3/t18-,19?,23-/m0/s1. The quantitative estimate of drug-likeness (QED) is 0.533. The van der Waals surface area contributed by atoms with Crippen molar-refractivity contribution in [2.24, 2.45) is 0 Å². The molecule has 10 heteroatoms. The zero-order valence-corrected chi connectivity index (χ0v) is 21.5. The minimum atomic E-state index is -3.98. The summed E-state index contributed by atoms with van der Waals surface area (Å²) in [6, 6.07) is 6.07. The van der Waals surface area contributed by atoms with Gasteiger partial charge in [0.1, 0.15) is 16.4 Å². The van der Waals surface area contributed by atoms with Gasteiger partial charge in [-0.25, -0.2) is 16.8 Å². The molecule has 1 saturated heterocycles. The van der Waals surface area contributed by atoms with Crippen LogP contribution in [0.2, 0.25) is 0 Å². The van der Waals surface area contributed by atoms with E-state index >= 15 is 0 Å². The highest BCUT2D eigenvalue weighted by molar-refractivity contribution is 7.96. The Balaban J connectivity index is 1.93. The van der Waals surface area contributed by atoms with Gasteiger partial charge in [0.2, 0.25) is 0 Å². The van der Waals surface area contributed by atoms with Crippen LogP contribution in [-0.2, 0) is 19.7 Å². The molecule has 0 aliphatic carbocycles. The molecule has 184 valence electrons. The maximum atomic E-state index is 13.7. The number of benzene rings is 1. The van der Waals surface area contributed by atoms with Crippen molar-refractivity contribution in [1.29, 1.82) is 0 Å². The Kier molecular flexibility index (Phi) is 7.93. The summed E-state index contributed by atoms with van der Waals surface area (Å²) in [6.07, 6.45) is 1.60. The van der Waals surface area contributed by atoms with Crippen molar-refractivity contribution < 1.29 is 26.0 Å². The fourth-order valence-corrected chi connectivity index (χ4v) is 9.38. The molecule has 1 N–H and O–H groups in total. The summed E-state index contributed by atoms with van der Waals surface area (Å²) in [4.78, 5) is 2.22. The van der Waals surface area contributed by atoms with Crippen LogP contribution in [0.3, 0.4) is 0 Å². The molecule has 0 saturated carbocycles. The third kappa shape index (κ3) is 5.45. The molecule has 1 aliphatic heterocycles. The molecule has 0 amide bonds. The Morgan fingerprint density at radius 1 is 1.18 bits per heavy atom. The van der Waals surface area contributed by atoms with E-state index in [1.807, 2.05) is 39.8 Å². The van der Waals surface area contributed by atoms with Crippen molar-refractivity contribution in [2.75, 3.05) is 38.2 Å². The first-order valence-electron chi connectivity index (χ1n) is 11.1. The van der Waals surface area contributed by atoms with Crippen molar-refractivity contribution in [3.8, 4) is 5.75 Å². The van der Waals surface area contributed by atoms with Crippen LogP contribution in [0.4, 0.5) is 0 Å². The first kappa shape index (κ1) is 25.7. The molecule has 2 aromatic rings. The highest BCUT2D eigenvalue weighted by atomic mass is 32.2. The van der Waals surface area contributed by atoms with E-state index in [0.29, 0.717) is 6.54 Å². The van der Waals surface area contributed by atoms with Crippen molar-refractivity contribution in [1.82, 2.24) is 10.2 Å². The summed E-state index contributed by atoms with van der Waals surface area (Å²) < 4.78 is 63.5. The lowest BCUT2D eigenvalue weighted by Crippen LogP contribution is -2.47. The third-order valence-electron chi connectivity index (χ3n) is 6.48. The minimum absolute atomic E-state index is 0.0355. The van der Waals surface area contributed by atoms with Gasteiger partial charge in [-0.2, -0.15) is 0 Å². The summed E-state index contributed by atoms with van der Waals surface area (Å²) in [5.74, 6) is 0.340. The molecular weight excluding hydrogens is 464 g/mol. The molecule has 1 unspecified atom stereocenters. The smallest absolute Gasteiger partial charge is 0.187 e. The van der Waals surface area contributed by atoms with E-state index in [4.69, 9.17) is 9.15 Å². The Labute approximate surface area is 197 Å². The lowest BCUT2D eigenvalue weighted by atomic mass is 10.1. The van der Waals surface area contributed by atoms with E-state index in [0.717, 1.165) is 30.0 Å².